The van der Waals surface area contributed by atoms with Crippen LogP contribution in [0, 0.1) is 0 Å². The van der Waals surface area contributed by atoms with E-state index in [1.165, 1.54) is 24.3 Å². The number of halogens is 3. The molecule has 1 amide bonds. The van der Waals surface area contributed by atoms with Crippen molar-refractivity contribution in [3.63, 3.8) is 0 Å². The number of amides is 1. The van der Waals surface area contributed by atoms with Gasteiger partial charge in [-0.2, -0.15) is 0 Å². The van der Waals surface area contributed by atoms with Crippen LogP contribution in [0.25, 0.3) is 0 Å². The summed E-state index contributed by atoms with van der Waals surface area (Å²) in [5, 5.41) is 2.58. The first-order valence-corrected chi connectivity index (χ1v) is 8.35. The molecule has 0 aliphatic rings. The van der Waals surface area contributed by atoms with Crippen molar-refractivity contribution in [1.29, 1.82) is 0 Å². The van der Waals surface area contributed by atoms with Gasteiger partial charge in [-0.25, -0.2) is 0 Å². The van der Waals surface area contributed by atoms with Gasteiger partial charge in [-0.05, 0) is 38.1 Å². The van der Waals surface area contributed by atoms with Gasteiger partial charge in [-0.15, -0.1) is 13.2 Å². The molecule has 0 unspecified atom stereocenters. The molecule has 0 fully saturated rings. The van der Waals surface area contributed by atoms with Gasteiger partial charge < -0.3 is 19.5 Å². The third-order valence-electron chi connectivity index (χ3n) is 3.44. The molecular formula is C19H20F3NO4. The summed E-state index contributed by atoms with van der Waals surface area (Å²) in [7, 11) is 0. The smallest absolute Gasteiger partial charge is 0.490 e. The van der Waals surface area contributed by atoms with E-state index in [1.807, 2.05) is 6.92 Å². The molecule has 0 aliphatic carbocycles. The largest absolute Gasteiger partial charge is 0.573 e. The summed E-state index contributed by atoms with van der Waals surface area (Å²) in [5.41, 5.74) is 0.510. The molecule has 8 heteroatoms. The van der Waals surface area contributed by atoms with Gasteiger partial charge in [-0.3, -0.25) is 4.79 Å². The summed E-state index contributed by atoms with van der Waals surface area (Å²) < 4.78 is 52.3. The van der Waals surface area contributed by atoms with Crippen LogP contribution in [0.2, 0.25) is 0 Å². The maximum atomic E-state index is 12.5. The molecule has 146 valence electrons. The highest BCUT2D eigenvalue weighted by Gasteiger charge is 2.32. The summed E-state index contributed by atoms with van der Waals surface area (Å²) in [6.07, 6.45) is -4.80. The molecule has 0 aliphatic heterocycles. The molecule has 0 spiro atoms. The molecule has 0 radical (unpaired) electrons. The zero-order chi connectivity index (χ0) is 19.9. The second kappa shape index (κ2) is 9.16. The van der Waals surface area contributed by atoms with Crippen molar-refractivity contribution >= 4 is 5.91 Å². The lowest BCUT2D eigenvalue weighted by Crippen LogP contribution is -2.24. The molecule has 2 aromatic carbocycles. The highest BCUT2D eigenvalue weighted by atomic mass is 19.4. The first-order valence-electron chi connectivity index (χ1n) is 8.35. The zero-order valence-electron chi connectivity index (χ0n) is 14.9. The van der Waals surface area contributed by atoms with E-state index in [0.29, 0.717) is 30.3 Å². The Kier molecular flexibility index (Phi) is 6.92. The van der Waals surface area contributed by atoms with Crippen LogP contribution in [0.3, 0.4) is 0 Å². The van der Waals surface area contributed by atoms with Gasteiger partial charge in [0.15, 0.2) is 11.5 Å². The van der Waals surface area contributed by atoms with Crippen molar-refractivity contribution in [3.05, 3.63) is 53.6 Å². The van der Waals surface area contributed by atoms with Crippen molar-refractivity contribution in [2.45, 2.75) is 26.8 Å². The normalized spacial score (nSPS) is 11.0. The lowest BCUT2D eigenvalue weighted by atomic mass is 10.1. The number of carbonyl (C=O) groups is 1. The number of alkyl halides is 3. The first-order chi connectivity index (χ1) is 12.8. The van der Waals surface area contributed by atoms with Gasteiger partial charge in [0.05, 0.1) is 13.2 Å². The molecular weight excluding hydrogens is 363 g/mol. The summed E-state index contributed by atoms with van der Waals surface area (Å²) in [4.78, 5) is 12.4. The number of carbonyl (C=O) groups excluding carboxylic acids is 1. The number of benzene rings is 2. The molecule has 2 rings (SSSR count). The first kappa shape index (κ1) is 20.4. The Balaban J connectivity index is 2.11. The Bertz CT molecular complexity index is 778. The van der Waals surface area contributed by atoms with E-state index in [2.05, 4.69) is 10.1 Å². The zero-order valence-corrected chi connectivity index (χ0v) is 14.9. The van der Waals surface area contributed by atoms with Gasteiger partial charge in [0.25, 0.3) is 5.91 Å². The summed E-state index contributed by atoms with van der Waals surface area (Å²) in [5.74, 6) is 0.125. The van der Waals surface area contributed by atoms with Crippen LogP contribution in [0.5, 0.6) is 17.2 Å². The monoisotopic (exact) mass is 383 g/mol. The summed E-state index contributed by atoms with van der Waals surface area (Å²) >= 11 is 0. The Labute approximate surface area is 155 Å². The minimum absolute atomic E-state index is 0.123. The number of para-hydroxylation sites is 1. The molecule has 0 saturated carbocycles. The number of rotatable bonds is 8. The van der Waals surface area contributed by atoms with Gasteiger partial charge in [0, 0.05) is 17.7 Å². The lowest BCUT2D eigenvalue weighted by Gasteiger charge is -2.14. The molecule has 2 aromatic rings. The maximum Gasteiger partial charge on any atom is 0.573 e. The van der Waals surface area contributed by atoms with E-state index in [1.54, 1.807) is 25.1 Å². The highest BCUT2D eigenvalue weighted by molar-refractivity contribution is 5.94. The molecule has 0 aromatic heterocycles. The molecule has 0 atom stereocenters. The lowest BCUT2D eigenvalue weighted by molar-refractivity contribution is -0.274. The van der Waals surface area contributed by atoms with Crippen LogP contribution in [0.1, 0.15) is 29.8 Å². The van der Waals surface area contributed by atoms with Gasteiger partial charge in [0.2, 0.25) is 0 Å². The van der Waals surface area contributed by atoms with Gasteiger partial charge >= 0.3 is 6.36 Å². The van der Waals surface area contributed by atoms with Gasteiger partial charge in [-0.1, -0.05) is 18.2 Å². The quantitative estimate of drug-likeness (QED) is 0.738. The minimum atomic E-state index is -4.80. The number of hydrogen-bond acceptors (Lipinski definition) is 4. The fourth-order valence-electron chi connectivity index (χ4n) is 2.34. The van der Waals surface area contributed by atoms with Crippen molar-refractivity contribution in [1.82, 2.24) is 5.32 Å². The molecule has 0 saturated heterocycles. The van der Waals surface area contributed by atoms with Crippen molar-refractivity contribution < 1.29 is 32.2 Å². The number of nitrogens with one attached hydrogen (secondary N) is 1. The average Bonchev–Trinajstić information content (AvgIpc) is 2.61. The highest BCUT2D eigenvalue weighted by Crippen LogP contribution is 2.29. The fourth-order valence-corrected chi connectivity index (χ4v) is 2.34. The summed E-state index contributed by atoms with van der Waals surface area (Å²) in [6, 6.07) is 10.3. The number of hydrogen-bond donors (Lipinski definition) is 1. The molecule has 1 N–H and O–H groups in total. The van der Waals surface area contributed by atoms with Crippen LogP contribution >= 0.6 is 0 Å². The Hall–Kier alpha value is -2.90. The van der Waals surface area contributed by atoms with Crippen molar-refractivity contribution in [2.75, 3.05) is 13.2 Å². The van der Waals surface area contributed by atoms with Crippen LogP contribution < -0.4 is 19.5 Å². The van der Waals surface area contributed by atoms with Crippen LogP contribution in [0.15, 0.2) is 42.5 Å². The SMILES string of the molecule is CCOc1ccc(C(=O)NCc2ccccc2OC(F)(F)F)cc1OCC. The van der Waals surface area contributed by atoms with E-state index in [4.69, 9.17) is 9.47 Å². The average molecular weight is 383 g/mol. The second-order valence-electron chi connectivity index (χ2n) is 5.37. The van der Waals surface area contributed by atoms with E-state index < -0.39 is 12.3 Å². The maximum absolute atomic E-state index is 12.5. The van der Waals surface area contributed by atoms with Crippen LogP contribution in [-0.4, -0.2) is 25.5 Å². The van der Waals surface area contributed by atoms with Crippen LogP contribution in [-0.2, 0) is 6.54 Å². The third-order valence-corrected chi connectivity index (χ3v) is 3.44. The molecule has 0 heterocycles. The summed E-state index contributed by atoms with van der Waals surface area (Å²) in [6.45, 7) is 4.36. The Morgan fingerprint density at radius 3 is 2.30 bits per heavy atom. The predicted octanol–water partition coefficient (Wildman–Crippen LogP) is 4.31. The molecule has 27 heavy (non-hydrogen) atoms. The molecule has 5 nitrogen and oxygen atoms in total. The molecule has 0 bridgehead atoms. The fraction of sp³-hybridized carbons (Fsp3) is 0.316. The van der Waals surface area contributed by atoms with Crippen molar-refractivity contribution in [2.24, 2.45) is 0 Å². The standard InChI is InChI=1S/C19H20F3NO4/c1-3-25-16-10-9-13(11-17(16)26-4-2)18(24)23-12-14-7-5-6-8-15(14)27-19(20,21)22/h5-11H,3-4,12H2,1-2H3,(H,23,24). The third kappa shape index (κ3) is 6.09. The van der Waals surface area contributed by atoms with E-state index in [-0.39, 0.29) is 17.9 Å². The second-order valence-corrected chi connectivity index (χ2v) is 5.37. The minimum Gasteiger partial charge on any atom is -0.490 e. The van der Waals surface area contributed by atoms with Crippen molar-refractivity contribution in [3.8, 4) is 17.2 Å². The van der Waals surface area contributed by atoms with E-state index in [0.717, 1.165) is 0 Å². The topological polar surface area (TPSA) is 56.8 Å². The number of ether oxygens (including phenoxy) is 3. The van der Waals surface area contributed by atoms with Gasteiger partial charge in [0.1, 0.15) is 5.75 Å². The Morgan fingerprint density at radius 1 is 0.963 bits per heavy atom. The Morgan fingerprint density at radius 2 is 1.63 bits per heavy atom. The van der Waals surface area contributed by atoms with E-state index in [9.17, 15) is 18.0 Å². The van der Waals surface area contributed by atoms with Crippen LogP contribution in [0.4, 0.5) is 13.2 Å². The predicted molar refractivity (Wildman–Crippen MR) is 93.1 cm³/mol. The van der Waals surface area contributed by atoms with E-state index >= 15 is 0 Å².